The van der Waals surface area contributed by atoms with E-state index >= 15 is 0 Å². The van der Waals surface area contributed by atoms with Gasteiger partial charge in [0.25, 0.3) is 0 Å². The van der Waals surface area contributed by atoms with E-state index in [4.69, 9.17) is 0 Å². The van der Waals surface area contributed by atoms with Crippen molar-refractivity contribution < 1.29 is 0 Å². The van der Waals surface area contributed by atoms with Crippen molar-refractivity contribution in [3.8, 4) is 0 Å². The molecule has 98 valence electrons. The van der Waals surface area contributed by atoms with Crippen LogP contribution in [0.15, 0.2) is 4.34 Å². The fourth-order valence-electron chi connectivity index (χ4n) is 1.22. The van der Waals surface area contributed by atoms with Crippen LogP contribution in [0, 0.1) is 0 Å². The Hall–Kier alpha value is -0.330. The molecule has 0 saturated carbocycles. The van der Waals surface area contributed by atoms with Crippen LogP contribution >= 0.6 is 23.1 Å². The van der Waals surface area contributed by atoms with Crippen LogP contribution < -0.4 is 10.2 Å². The fraction of sp³-hybridized carbons (Fsp3) is 0.818. The molecule has 17 heavy (non-hydrogen) atoms. The van der Waals surface area contributed by atoms with E-state index in [2.05, 4.69) is 29.4 Å². The van der Waals surface area contributed by atoms with Gasteiger partial charge in [-0.05, 0) is 19.4 Å². The predicted octanol–water partition coefficient (Wildman–Crippen LogP) is 2.47. The predicted molar refractivity (Wildman–Crippen MR) is 77.3 cm³/mol. The Kier molecular flexibility index (Phi) is 6.84. The van der Waals surface area contributed by atoms with Crippen LogP contribution in [0.3, 0.4) is 0 Å². The van der Waals surface area contributed by atoms with Crippen molar-refractivity contribution >= 4 is 28.2 Å². The number of rotatable bonds is 8. The maximum absolute atomic E-state index is 4.16. The second-order valence-corrected chi connectivity index (χ2v) is 6.71. The Balaban J connectivity index is 2.09. The second-order valence-electron chi connectivity index (χ2n) is 4.41. The van der Waals surface area contributed by atoms with Crippen LogP contribution in [0.25, 0.3) is 0 Å². The molecule has 0 spiro atoms. The standard InChI is InChI=1S/C11H22N4S2/c1-9(2)12-7-5-6-8-16-11-14-13-10(17-11)15(3)4/h9,12H,5-8H2,1-4H3. The van der Waals surface area contributed by atoms with E-state index in [0.29, 0.717) is 6.04 Å². The Morgan fingerprint density at radius 3 is 2.65 bits per heavy atom. The number of aromatic nitrogens is 2. The van der Waals surface area contributed by atoms with Gasteiger partial charge < -0.3 is 10.2 Å². The largest absolute Gasteiger partial charge is 0.353 e. The van der Waals surface area contributed by atoms with Gasteiger partial charge in [-0.2, -0.15) is 0 Å². The molecule has 4 nitrogen and oxygen atoms in total. The lowest BCUT2D eigenvalue weighted by atomic mass is 10.3. The fourth-order valence-corrected chi connectivity index (χ4v) is 3.05. The summed E-state index contributed by atoms with van der Waals surface area (Å²) in [5.41, 5.74) is 0. The van der Waals surface area contributed by atoms with E-state index in [1.165, 1.54) is 12.8 Å². The van der Waals surface area contributed by atoms with E-state index in [0.717, 1.165) is 21.8 Å². The highest BCUT2D eigenvalue weighted by Gasteiger charge is 2.05. The number of nitrogens with one attached hydrogen (secondary N) is 1. The van der Waals surface area contributed by atoms with Gasteiger partial charge in [-0.3, -0.25) is 0 Å². The number of nitrogens with zero attached hydrogens (tertiary/aromatic N) is 3. The topological polar surface area (TPSA) is 41.1 Å². The average Bonchev–Trinajstić information content (AvgIpc) is 2.71. The molecular formula is C11H22N4S2. The molecule has 6 heteroatoms. The Morgan fingerprint density at radius 2 is 2.06 bits per heavy atom. The van der Waals surface area contributed by atoms with Crippen molar-refractivity contribution in [1.82, 2.24) is 15.5 Å². The molecular weight excluding hydrogens is 252 g/mol. The minimum atomic E-state index is 0.591. The summed E-state index contributed by atoms with van der Waals surface area (Å²) in [5.74, 6) is 1.13. The zero-order chi connectivity index (χ0) is 12.7. The molecule has 1 N–H and O–H groups in total. The number of unbranched alkanes of at least 4 members (excludes halogenated alkanes) is 1. The molecule has 0 atom stereocenters. The summed E-state index contributed by atoms with van der Waals surface area (Å²) in [5, 5.41) is 12.7. The summed E-state index contributed by atoms with van der Waals surface area (Å²) in [6.45, 7) is 5.47. The van der Waals surface area contributed by atoms with Crippen LogP contribution in [0.2, 0.25) is 0 Å². The molecule has 0 aliphatic carbocycles. The highest BCUT2D eigenvalue weighted by Crippen LogP contribution is 2.27. The lowest BCUT2D eigenvalue weighted by Crippen LogP contribution is -2.23. The van der Waals surface area contributed by atoms with Gasteiger partial charge in [0.15, 0.2) is 4.34 Å². The summed E-state index contributed by atoms with van der Waals surface area (Å²) < 4.78 is 1.07. The van der Waals surface area contributed by atoms with Crippen molar-refractivity contribution in [2.24, 2.45) is 0 Å². The number of hydrogen-bond acceptors (Lipinski definition) is 6. The second kappa shape index (κ2) is 7.89. The molecule has 1 aromatic rings. The van der Waals surface area contributed by atoms with Gasteiger partial charge in [0.1, 0.15) is 0 Å². The monoisotopic (exact) mass is 274 g/mol. The molecule has 1 aromatic heterocycles. The van der Waals surface area contributed by atoms with Gasteiger partial charge in [-0.15, -0.1) is 10.2 Å². The lowest BCUT2D eigenvalue weighted by molar-refractivity contribution is 0.567. The SMILES string of the molecule is CC(C)NCCCCSc1nnc(N(C)C)s1. The molecule has 0 saturated heterocycles. The zero-order valence-electron chi connectivity index (χ0n) is 11.1. The first-order valence-corrected chi connectivity index (χ1v) is 7.77. The van der Waals surface area contributed by atoms with E-state index < -0.39 is 0 Å². The molecule has 0 unspecified atom stereocenters. The molecule has 0 bridgehead atoms. The Morgan fingerprint density at radius 1 is 1.29 bits per heavy atom. The molecule has 0 fully saturated rings. The summed E-state index contributed by atoms with van der Waals surface area (Å²) in [4.78, 5) is 1.99. The summed E-state index contributed by atoms with van der Waals surface area (Å²) >= 11 is 3.47. The first-order valence-electron chi connectivity index (χ1n) is 5.96. The third kappa shape index (κ3) is 6.24. The number of thioether (sulfide) groups is 1. The van der Waals surface area contributed by atoms with Crippen molar-refractivity contribution in [2.75, 3.05) is 31.3 Å². The average molecular weight is 274 g/mol. The molecule has 1 rings (SSSR count). The van der Waals surface area contributed by atoms with Crippen LogP contribution in [0.1, 0.15) is 26.7 Å². The molecule has 1 heterocycles. The first kappa shape index (κ1) is 14.7. The van der Waals surface area contributed by atoms with Crippen molar-refractivity contribution in [3.63, 3.8) is 0 Å². The van der Waals surface area contributed by atoms with E-state index in [1.807, 2.05) is 30.8 Å². The van der Waals surface area contributed by atoms with Gasteiger partial charge >= 0.3 is 0 Å². The zero-order valence-corrected chi connectivity index (χ0v) is 12.7. The van der Waals surface area contributed by atoms with Crippen molar-refractivity contribution in [2.45, 2.75) is 37.1 Å². The number of hydrogen-bond donors (Lipinski definition) is 1. The minimum absolute atomic E-state index is 0.591. The quantitative estimate of drug-likeness (QED) is 0.582. The molecule has 0 radical (unpaired) electrons. The van der Waals surface area contributed by atoms with Gasteiger partial charge in [-0.25, -0.2) is 0 Å². The summed E-state index contributed by atoms with van der Waals surface area (Å²) in [6, 6.07) is 0.591. The smallest absolute Gasteiger partial charge is 0.208 e. The third-order valence-electron chi connectivity index (χ3n) is 2.13. The summed E-state index contributed by atoms with van der Waals surface area (Å²) in [7, 11) is 3.99. The minimum Gasteiger partial charge on any atom is -0.353 e. The van der Waals surface area contributed by atoms with Gasteiger partial charge in [0.2, 0.25) is 5.13 Å². The molecule has 0 aliphatic rings. The first-order chi connectivity index (χ1) is 8.09. The van der Waals surface area contributed by atoms with Crippen molar-refractivity contribution in [3.05, 3.63) is 0 Å². The molecule has 0 aromatic carbocycles. The highest BCUT2D eigenvalue weighted by atomic mass is 32.2. The van der Waals surface area contributed by atoms with Crippen LogP contribution in [0.4, 0.5) is 5.13 Å². The van der Waals surface area contributed by atoms with Crippen molar-refractivity contribution in [1.29, 1.82) is 0 Å². The highest BCUT2D eigenvalue weighted by molar-refractivity contribution is 8.01. The number of anilines is 1. The van der Waals surface area contributed by atoms with Gasteiger partial charge in [0.05, 0.1) is 0 Å². The Bertz CT molecular complexity index is 312. The van der Waals surface area contributed by atoms with Crippen LogP contribution in [0.5, 0.6) is 0 Å². The maximum Gasteiger partial charge on any atom is 0.208 e. The van der Waals surface area contributed by atoms with E-state index in [-0.39, 0.29) is 0 Å². The molecule has 0 amide bonds. The van der Waals surface area contributed by atoms with E-state index in [9.17, 15) is 0 Å². The maximum atomic E-state index is 4.16. The normalized spacial score (nSPS) is 11.1. The Labute approximate surface area is 112 Å². The van der Waals surface area contributed by atoms with Gasteiger partial charge in [-0.1, -0.05) is 36.9 Å². The molecule has 0 aliphatic heterocycles. The third-order valence-corrected chi connectivity index (χ3v) is 4.44. The van der Waals surface area contributed by atoms with Gasteiger partial charge in [0, 0.05) is 25.9 Å². The van der Waals surface area contributed by atoms with Crippen LogP contribution in [-0.2, 0) is 0 Å². The van der Waals surface area contributed by atoms with Crippen LogP contribution in [-0.4, -0.2) is 42.6 Å². The summed E-state index contributed by atoms with van der Waals surface area (Å²) in [6.07, 6.45) is 2.45. The van der Waals surface area contributed by atoms with E-state index in [1.54, 1.807) is 11.3 Å². The lowest BCUT2D eigenvalue weighted by Gasteiger charge is -2.06.